The van der Waals surface area contributed by atoms with Crippen LogP contribution in [0.4, 0.5) is 5.82 Å². The zero-order valence-corrected chi connectivity index (χ0v) is 20.3. The molecule has 7 heteroatoms. The maximum absolute atomic E-state index is 14.0. The van der Waals surface area contributed by atoms with Gasteiger partial charge in [0.15, 0.2) is 0 Å². The zero-order valence-electron chi connectivity index (χ0n) is 20.3. The predicted molar refractivity (Wildman–Crippen MR) is 129 cm³/mol. The van der Waals surface area contributed by atoms with Crippen molar-refractivity contribution < 1.29 is 9.59 Å². The highest BCUT2D eigenvalue weighted by Crippen LogP contribution is 2.38. The number of piperazine rings is 1. The second kappa shape index (κ2) is 9.49. The van der Waals surface area contributed by atoms with Gasteiger partial charge in [0.25, 0.3) is 0 Å². The Bertz CT molecular complexity index is 991. The highest BCUT2D eigenvalue weighted by atomic mass is 16.2. The van der Waals surface area contributed by atoms with Crippen LogP contribution in [0, 0.1) is 6.92 Å². The summed E-state index contributed by atoms with van der Waals surface area (Å²) in [6.07, 6.45) is 1.33. The number of carbonyl (C=O) groups is 2. The van der Waals surface area contributed by atoms with E-state index in [1.54, 1.807) is 6.92 Å². The zero-order chi connectivity index (χ0) is 23.6. The van der Waals surface area contributed by atoms with E-state index in [-0.39, 0.29) is 17.7 Å². The Morgan fingerprint density at radius 3 is 2.12 bits per heavy atom. The Balaban J connectivity index is 1.51. The van der Waals surface area contributed by atoms with E-state index in [0.717, 1.165) is 36.0 Å². The quantitative estimate of drug-likeness (QED) is 0.717. The lowest BCUT2D eigenvalue weighted by atomic mass is 9.71. The van der Waals surface area contributed by atoms with Gasteiger partial charge < -0.3 is 14.7 Å². The lowest BCUT2D eigenvalue weighted by Crippen LogP contribution is -2.57. The van der Waals surface area contributed by atoms with Crippen LogP contribution in [0.15, 0.2) is 36.4 Å². The molecule has 2 aliphatic rings. The molecule has 3 heterocycles. The van der Waals surface area contributed by atoms with Gasteiger partial charge in [0.05, 0.1) is 5.41 Å². The highest BCUT2D eigenvalue weighted by molar-refractivity contribution is 5.89. The fraction of sp³-hybridized carbons (Fsp3) is 0.538. The number of aryl methyl sites for hydroxylation is 1. The average Bonchev–Trinajstić information content (AvgIpc) is 2.83. The molecule has 1 aromatic carbocycles. The molecule has 2 saturated heterocycles. The molecule has 7 nitrogen and oxygen atoms in total. The van der Waals surface area contributed by atoms with Crippen molar-refractivity contribution in [3.63, 3.8) is 0 Å². The number of likely N-dealkylation sites (tertiary alicyclic amines) is 1. The van der Waals surface area contributed by atoms with Crippen LogP contribution in [0.2, 0.25) is 0 Å². The summed E-state index contributed by atoms with van der Waals surface area (Å²) < 4.78 is 0. The molecular weight excluding hydrogens is 414 g/mol. The van der Waals surface area contributed by atoms with Crippen molar-refractivity contribution in [3.8, 4) is 0 Å². The third-order valence-corrected chi connectivity index (χ3v) is 7.06. The van der Waals surface area contributed by atoms with Gasteiger partial charge in [-0.25, -0.2) is 9.97 Å². The van der Waals surface area contributed by atoms with E-state index >= 15 is 0 Å². The number of hydrogen-bond acceptors (Lipinski definition) is 5. The van der Waals surface area contributed by atoms with Crippen LogP contribution in [0.1, 0.15) is 56.6 Å². The van der Waals surface area contributed by atoms with E-state index in [1.165, 1.54) is 0 Å². The fourth-order valence-corrected chi connectivity index (χ4v) is 5.02. The summed E-state index contributed by atoms with van der Waals surface area (Å²) in [5.74, 6) is 2.37. The van der Waals surface area contributed by atoms with Crippen molar-refractivity contribution in [2.45, 2.75) is 51.9 Å². The molecular formula is C26H35N5O2. The molecule has 0 radical (unpaired) electrons. The molecule has 1 aromatic heterocycles. The monoisotopic (exact) mass is 449 g/mol. The summed E-state index contributed by atoms with van der Waals surface area (Å²) in [7, 11) is 0. The topological polar surface area (TPSA) is 69.6 Å². The van der Waals surface area contributed by atoms with E-state index < -0.39 is 5.41 Å². The van der Waals surface area contributed by atoms with Gasteiger partial charge in [-0.3, -0.25) is 9.59 Å². The summed E-state index contributed by atoms with van der Waals surface area (Å²) in [5.41, 5.74) is 1.47. The molecule has 0 atom stereocenters. The van der Waals surface area contributed by atoms with E-state index in [1.807, 2.05) is 41.0 Å². The van der Waals surface area contributed by atoms with Crippen LogP contribution in [-0.2, 0) is 15.0 Å². The molecule has 4 rings (SSSR count). The molecule has 2 aromatic rings. The van der Waals surface area contributed by atoms with Crippen LogP contribution in [-0.4, -0.2) is 70.9 Å². The second-order valence-corrected chi connectivity index (χ2v) is 9.61. The minimum atomic E-state index is -0.564. The number of nitrogens with zero attached hydrogens (tertiary/aromatic N) is 5. The number of amides is 2. The molecule has 2 amide bonds. The molecule has 176 valence electrons. The van der Waals surface area contributed by atoms with Gasteiger partial charge in [-0.1, -0.05) is 44.2 Å². The van der Waals surface area contributed by atoms with E-state index in [9.17, 15) is 9.59 Å². The van der Waals surface area contributed by atoms with Crippen molar-refractivity contribution in [1.82, 2.24) is 19.8 Å². The Hall–Kier alpha value is -2.96. The Labute approximate surface area is 196 Å². The van der Waals surface area contributed by atoms with Gasteiger partial charge in [-0.15, -0.1) is 0 Å². The summed E-state index contributed by atoms with van der Waals surface area (Å²) >= 11 is 0. The van der Waals surface area contributed by atoms with Crippen LogP contribution in [0.5, 0.6) is 0 Å². The number of carbonyl (C=O) groups excluding carboxylic acids is 2. The molecule has 0 aliphatic carbocycles. The van der Waals surface area contributed by atoms with Gasteiger partial charge in [-0.05, 0) is 25.3 Å². The van der Waals surface area contributed by atoms with Crippen LogP contribution in [0.3, 0.4) is 0 Å². The van der Waals surface area contributed by atoms with Crippen LogP contribution < -0.4 is 4.90 Å². The number of benzene rings is 1. The lowest BCUT2D eigenvalue weighted by molar-refractivity contribution is -0.142. The lowest BCUT2D eigenvalue weighted by Gasteiger charge is -2.45. The molecule has 0 spiro atoms. The van der Waals surface area contributed by atoms with Crippen molar-refractivity contribution in [1.29, 1.82) is 0 Å². The first-order valence-electron chi connectivity index (χ1n) is 12.0. The third-order valence-electron chi connectivity index (χ3n) is 7.06. The molecule has 33 heavy (non-hydrogen) atoms. The second-order valence-electron chi connectivity index (χ2n) is 9.61. The minimum Gasteiger partial charge on any atom is -0.353 e. The fourth-order valence-electron chi connectivity index (χ4n) is 5.02. The van der Waals surface area contributed by atoms with E-state index in [4.69, 9.17) is 4.98 Å². The van der Waals surface area contributed by atoms with Crippen molar-refractivity contribution in [2.75, 3.05) is 44.2 Å². The maximum atomic E-state index is 14.0. The van der Waals surface area contributed by atoms with Crippen molar-refractivity contribution in [2.24, 2.45) is 0 Å². The maximum Gasteiger partial charge on any atom is 0.233 e. The van der Waals surface area contributed by atoms with Gasteiger partial charge in [0.2, 0.25) is 11.8 Å². The van der Waals surface area contributed by atoms with Crippen molar-refractivity contribution in [3.05, 3.63) is 53.5 Å². The van der Waals surface area contributed by atoms with Crippen LogP contribution >= 0.6 is 0 Å². The highest BCUT2D eigenvalue weighted by Gasteiger charge is 2.45. The van der Waals surface area contributed by atoms with Gasteiger partial charge >= 0.3 is 0 Å². The minimum absolute atomic E-state index is 0.0821. The average molecular weight is 450 g/mol. The Kier molecular flexibility index (Phi) is 6.68. The largest absolute Gasteiger partial charge is 0.353 e. The normalized spacial score (nSPS) is 18.5. The Morgan fingerprint density at radius 1 is 0.909 bits per heavy atom. The van der Waals surface area contributed by atoms with Crippen molar-refractivity contribution >= 4 is 17.6 Å². The van der Waals surface area contributed by atoms with Gasteiger partial charge in [0.1, 0.15) is 11.6 Å². The van der Waals surface area contributed by atoms with Crippen LogP contribution in [0.25, 0.3) is 0 Å². The molecule has 0 saturated carbocycles. The summed E-state index contributed by atoms with van der Waals surface area (Å²) in [5, 5.41) is 0. The molecule has 0 bridgehead atoms. The first-order chi connectivity index (χ1) is 15.8. The number of hydrogen-bond donors (Lipinski definition) is 0. The summed E-state index contributed by atoms with van der Waals surface area (Å²) in [6.45, 7) is 11.9. The number of piperidine rings is 1. The molecule has 0 unspecified atom stereocenters. The van der Waals surface area contributed by atoms with E-state index in [0.29, 0.717) is 39.0 Å². The molecule has 2 aliphatic heterocycles. The number of aromatic nitrogens is 2. The van der Waals surface area contributed by atoms with E-state index in [2.05, 4.69) is 35.9 Å². The standard InChI is InChI=1S/C26H35N5O2/c1-19(2)24-27-20(3)18-23(28-24)30-14-16-31(17-15-30)25(33)26(22-8-6-5-7-9-22)10-12-29(13-11-26)21(4)32/h5-9,18-19H,10-17H2,1-4H3. The molecule has 2 fully saturated rings. The number of anilines is 1. The first-order valence-corrected chi connectivity index (χ1v) is 12.0. The van der Waals surface area contributed by atoms with Gasteiger partial charge in [0, 0.05) is 63.9 Å². The third kappa shape index (κ3) is 4.72. The smallest absolute Gasteiger partial charge is 0.233 e. The molecule has 0 N–H and O–H groups in total. The predicted octanol–water partition coefficient (Wildman–Crippen LogP) is 3.14. The van der Waals surface area contributed by atoms with Gasteiger partial charge in [-0.2, -0.15) is 0 Å². The Morgan fingerprint density at radius 2 is 1.55 bits per heavy atom. The SMILES string of the molecule is CC(=O)N1CCC(C(=O)N2CCN(c3cc(C)nc(C(C)C)n3)CC2)(c2ccccc2)CC1. The summed E-state index contributed by atoms with van der Waals surface area (Å²) in [6, 6.07) is 12.2. The number of rotatable bonds is 4. The summed E-state index contributed by atoms with van der Waals surface area (Å²) in [4.78, 5) is 41.3. The first kappa shape index (κ1) is 23.2.